The SMILES string of the molecule is Cc1ccc(C(=O)O)c(C)c1Cc1ccccc1C(CN)C(=O)Nc1ccc2cnccc2c1. The molecule has 0 bridgehead atoms. The molecular formula is C28H27N3O3. The highest BCUT2D eigenvalue weighted by Gasteiger charge is 2.23. The van der Waals surface area contributed by atoms with Gasteiger partial charge in [-0.3, -0.25) is 9.78 Å². The Labute approximate surface area is 198 Å². The highest BCUT2D eigenvalue weighted by atomic mass is 16.4. The zero-order valence-electron chi connectivity index (χ0n) is 19.2. The molecule has 4 aromatic rings. The third-order valence-electron chi connectivity index (χ3n) is 6.32. The minimum atomic E-state index is -0.947. The van der Waals surface area contributed by atoms with E-state index in [1.54, 1.807) is 18.5 Å². The Bertz CT molecular complexity index is 1380. The van der Waals surface area contributed by atoms with E-state index in [9.17, 15) is 14.7 Å². The second-order valence-electron chi connectivity index (χ2n) is 8.43. The molecule has 3 aromatic carbocycles. The zero-order valence-corrected chi connectivity index (χ0v) is 19.2. The van der Waals surface area contributed by atoms with Gasteiger partial charge in [-0.05, 0) is 77.7 Å². The van der Waals surface area contributed by atoms with Crippen LogP contribution in [0.4, 0.5) is 5.69 Å². The van der Waals surface area contributed by atoms with E-state index in [0.29, 0.717) is 12.1 Å². The van der Waals surface area contributed by atoms with Gasteiger partial charge in [0.25, 0.3) is 0 Å². The Kier molecular flexibility index (Phi) is 6.70. The summed E-state index contributed by atoms with van der Waals surface area (Å²) in [7, 11) is 0. The molecule has 1 heterocycles. The van der Waals surface area contributed by atoms with Gasteiger partial charge in [0, 0.05) is 30.0 Å². The molecule has 34 heavy (non-hydrogen) atoms. The number of nitrogens with zero attached hydrogens (tertiary/aromatic N) is 1. The molecule has 1 atom stereocenters. The van der Waals surface area contributed by atoms with Crippen LogP contribution in [0.1, 0.15) is 44.1 Å². The van der Waals surface area contributed by atoms with E-state index < -0.39 is 11.9 Å². The smallest absolute Gasteiger partial charge is 0.335 e. The number of hydrogen-bond acceptors (Lipinski definition) is 4. The van der Waals surface area contributed by atoms with Crippen LogP contribution < -0.4 is 11.1 Å². The van der Waals surface area contributed by atoms with Crippen LogP contribution in [-0.2, 0) is 11.2 Å². The third-order valence-corrected chi connectivity index (χ3v) is 6.32. The molecule has 6 nitrogen and oxygen atoms in total. The first-order valence-electron chi connectivity index (χ1n) is 11.1. The lowest BCUT2D eigenvalue weighted by molar-refractivity contribution is -0.117. The fraction of sp³-hybridized carbons (Fsp3) is 0.179. The van der Waals surface area contributed by atoms with Crippen molar-refractivity contribution in [3.8, 4) is 0 Å². The van der Waals surface area contributed by atoms with Gasteiger partial charge < -0.3 is 16.2 Å². The molecule has 0 saturated carbocycles. The summed E-state index contributed by atoms with van der Waals surface area (Å²) in [4.78, 5) is 29.0. The number of aryl methyl sites for hydroxylation is 1. The van der Waals surface area contributed by atoms with E-state index in [2.05, 4.69) is 10.3 Å². The van der Waals surface area contributed by atoms with Gasteiger partial charge in [0.15, 0.2) is 0 Å². The van der Waals surface area contributed by atoms with Gasteiger partial charge in [0.1, 0.15) is 0 Å². The van der Waals surface area contributed by atoms with Gasteiger partial charge in [-0.15, -0.1) is 0 Å². The lowest BCUT2D eigenvalue weighted by Gasteiger charge is -2.20. The van der Waals surface area contributed by atoms with Crippen molar-refractivity contribution in [2.75, 3.05) is 11.9 Å². The predicted octanol–water partition coefficient (Wildman–Crippen LogP) is 4.82. The molecule has 0 radical (unpaired) electrons. The summed E-state index contributed by atoms with van der Waals surface area (Å²) in [6.45, 7) is 3.95. The number of aromatic carboxylic acids is 1. The minimum absolute atomic E-state index is 0.146. The summed E-state index contributed by atoms with van der Waals surface area (Å²) in [5.74, 6) is -1.68. The zero-order chi connectivity index (χ0) is 24.2. The molecule has 4 rings (SSSR count). The number of pyridine rings is 1. The number of nitrogens with one attached hydrogen (secondary N) is 1. The number of anilines is 1. The highest BCUT2D eigenvalue weighted by molar-refractivity contribution is 5.98. The van der Waals surface area contributed by atoms with Crippen molar-refractivity contribution in [3.63, 3.8) is 0 Å². The molecule has 0 spiro atoms. The monoisotopic (exact) mass is 453 g/mol. The summed E-state index contributed by atoms with van der Waals surface area (Å²) in [6, 6.07) is 18.8. The number of amides is 1. The summed E-state index contributed by atoms with van der Waals surface area (Å²) >= 11 is 0. The topological polar surface area (TPSA) is 105 Å². The first-order valence-corrected chi connectivity index (χ1v) is 11.1. The standard InChI is InChI=1S/C28H27N3O3/c1-17-7-10-23(28(33)34)18(2)25(17)14-20-5-3-4-6-24(20)26(15-29)27(32)31-22-9-8-21-16-30-12-11-19(21)13-22/h3-13,16,26H,14-15,29H2,1-2H3,(H,31,32)(H,33,34). The number of carboxylic acids is 1. The maximum atomic E-state index is 13.3. The first-order chi connectivity index (χ1) is 16.4. The number of hydrogen-bond donors (Lipinski definition) is 3. The average Bonchev–Trinajstić information content (AvgIpc) is 2.82. The molecule has 1 unspecified atom stereocenters. The first kappa shape index (κ1) is 23.1. The number of rotatable bonds is 7. The molecule has 0 aliphatic carbocycles. The predicted molar refractivity (Wildman–Crippen MR) is 134 cm³/mol. The number of aromatic nitrogens is 1. The summed E-state index contributed by atoms with van der Waals surface area (Å²) in [6.07, 6.45) is 4.01. The number of fused-ring (bicyclic) bond motifs is 1. The van der Waals surface area contributed by atoms with Crippen molar-refractivity contribution in [2.24, 2.45) is 5.73 Å². The Morgan fingerprint density at radius 3 is 2.59 bits per heavy atom. The maximum absolute atomic E-state index is 13.3. The molecule has 4 N–H and O–H groups in total. The molecule has 0 fully saturated rings. The maximum Gasteiger partial charge on any atom is 0.335 e. The lowest BCUT2D eigenvalue weighted by atomic mass is 9.87. The number of benzene rings is 3. The molecular weight excluding hydrogens is 426 g/mol. The van der Waals surface area contributed by atoms with E-state index in [1.165, 1.54) is 0 Å². The fourth-order valence-electron chi connectivity index (χ4n) is 4.39. The van der Waals surface area contributed by atoms with Crippen LogP contribution in [0.2, 0.25) is 0 Å². The van der Waals surface area contributed by atoms with E-state index in [-0.39, 0.29) is 18.0 Å². The minimum Gasteiger partial charge on any atom is -0.478 e. The van der Waals surface area contributed by atoms with Crippen LogP contribution in [-0.4, -0.2) is 28.5 Å². The summed E-state index contributed by atoms with van der Waals surface area (Å²) in [5, 5.41) is 14.5. The molecule has 1 aromatic heterocycles. The van der Waals surface area contributed by atoms with Gasteiger partial charge in [0.2, 0.25) is 5.91 Å². The van der Waals surface area contributed by atoms with Crippen molar-refractivity contribution in [1.29, 1.82) is 0 Å². The van der Waals surface area contributed by atoms with E-state index in [1.807, 2.05) is 68.4 Å². The van der Waals surface area contributed by atoms with Crippen molar-refractivity contribution in [2.45, 2.75) is 26.2 Å². The molecule has 6 heteroatoms. The second-order valence-corrected chi connectivity index (χ2v) is 8.43. The molecule has 0 saturated heterocycles. The van der Waals surface area contributed by atoms with Crippen molar-refractivity contribution in [3.05, 3.63) is 106 Å². The molecule has 0 aliphatic rings. The van der Waals surface area contributed by atoms with Crippen molar-refractivity contribution in [1.82, 2.24) is 4.98 Å². The van der Waals surface area contributed by atoms with E-state index in [4.69, 9.17) is 5.73 Å². The Hall–Kier alpha value is -4.03. The molecule has 0 aliphatic heterocycles. The highest BCUT2D eigenvalue weighted by Crippen LogP contribution is 2.28. The third kappa shape index (κ3) is 4.67. The number of carbonyl (C=O) groups is 2. The fourth-order valence-corrected chi connectivity index (χ4v) is 4.39. The van der Waals surface area contributed by atoms with Crippen LogP contribution in [0.25, 0.3) is 10.8 Å². The average molecular weight is 454 g/mol. The number of nitrogens with two attached hydrogens (primary N) is 1. The normalized spacial score (nSPS) is 11.9. The summed E-state index contributed by atoms with van der Waals surface area (Å²) in [5.41, 5.74) is 11.6. The van der Waals surface area contributed by atoms with Crippen LogP contribution in [0.3, 0.4) is 0 Å². The van der Waals surface area contributed by atoms with Gasteiger partial charge >= 0.3 is 5.97 Å². The van der Waals surface area contributed by atoms with Gasteiger partial charge in [-0.25, -0.2) is 4.79 Å². The van der Waals surface area contributed by atoms with Gasteiger partial charge in [-0.2, -0.15) is 0 Å². The lowest BCUT2D eigenvalue weighted by Crippen LogP contribution is -2.28. The quantitative estimate of drug-likeness (QED) is 0.372. The van der Waals surface area contributed by atoms with Crippen molar-refractivity contribution >= 4 is 28.3 Å². The Morgan fingerprint density at radius 2 is 1.82 bits per heavy atom. The molecule has 1 amide bonds. The van der Waals surface area contributed by atoms with Crippen molar-refractivity contribution < 1.29 is 14.7 Å². The Balaban J connectivity index is 1.64. The van der Waals surface area contributed by atoms with Gasteiger partial charge in [0.05, 0.1) is 11.5 Å². The Morgan fingerprint density at radius 1 is 1.03 bits per heavy atom. The van der Waals surface area contributed by atoms with Crippen LogP contribution in [0, 0.1) is 13.8 Å². The molecule has 172 valence electrons. The van der Waals surface area contributed by atoms with Crippen LogP contribution >= 0.6 is 0 Å². The largest absolute Gasteiger partial charge is 0.478 e. The number of carbonyl (C=O) groups excluding carboxylic acids is 1. The van der Waals surface area contributed by atoms with Gasteiger partial charge in [-0.1, -0.05) is 36.4 Å². The van der Waals surface area contributed by atoms with Crippen LogP contribution in [0.15, 0.2) is 73.1 Å². The van der Waals surface area contributed by atoms with Crippen LogP contribution in [0.5, 0.6) is 0 Å². The number of carboxylic acid groups (broad SMARTS) is 1. The van der Waals surface area contributed by atoms with E-state index >= 15 is 0 Å². The van der Waals surface area contributed by atoms with E-state index in [0.717, 1.165) is 38.6 Å². The second kappa shape index (κ2) is 9.85. The summed E-state index contributed by atoms with van der Waals surface area (Å²) < 4.78 is 0.